The molecule has 0 bridgehead atoms. The molecule has 1 aromatic carbocycles. The molecule has 110 valence electrons. The van der Waals surface area contributed by atoms with Crippen LogP contribution in [0.3, 0.4) is 0 Å². The summed E-state index contributed by atoms with van der Waals surface area (Å²) in [5, 5.41) is 2.59. The van der Waals surface area contributed by atoms with Crippen LogP contribution >= 0.6 is 27.3 Å². The predicted octanol–water partition coefficient (Wildman–Crippen LogP) is 4.00. The van der Waals surface area contributed by atoms with Gasteiger partial charge in [-0.25, -0.2) is 9.18 Å². The molecule has 7 heteroatoms. The number of benzene rings is 1. The van der Waals surface area contributed by atoms with Crippen LogP contribution < -0.4 is 5.32 Å². The number of rotatable bonds is 3. The van der Waals surface area contributed by atoms with Crippen LogP contribution in [0.15, 0.2) is 28.1 Å². The van der Waals surface area contributed by atoms with Gasteiger partial charge in [0.05, 0.1) is 27.0 Å². The smallest absolute Gasteiger partial charge is 0.340 e. The van der Waals surface area contributed by atoms with Crippen molar-refractivity contribution in [3.8, 4) is 0 Å². The van der Waals surface area contributed by atoms with Crippen molar-refractivity contribution in [1.29, 1.82) is 0 Å². The molecule has 1 amide bonds. The summed E-state index contributed by atoms with van der Waals surface area (Å²) in [7, 11) is 1.19. The third-order valence-electron chi connectivity index (χ3n) is 2.72. The third kappa shape index (κ3) is 3.48. The first-order chi connectivity index (χ1) is 9.92. The number of thiophene rings is 1. The van der Waals surface area contributed by atoms with E-state index >= 15 is 0 Å². The van der Waals surface area contributed by atoms with Crippen LogP contribution in [0.2, 0.25) is 0 Å². The Hall–Kier alpha value is -1.73. The molecule has 0 radical (unpaired) electrons. The number of amides is 1. The lowest BCUT2D eigenvalue weighted by atomic mass is 10.1. The second kappa shape index (κ2) is 6.36. The molecule has 0 fully saturated rings. The number of carbonyl (C=O) groups excluding carboxylic acids is 2. The van der Waals surface area contributed by atoms with Crippen molar-refractivity contribution in [3.63, 3.8) is 0 Å². The minimum atomic E-state index is -0.714. The van der Waals surface area contributed by atoms with Gasteiger partial charge in [0.2, 0.25) is 0 Å². The van der Waals surface area contributed by atoms with Crippen LogP contribution in [0.25, 0.3) is 0 Å². The lowest BCUT2D eigenvalue weighted by Gasteiger charge is -2.09. The molecule has 0 aliphatic heterocycles. The van der Waals surface area contributed by atoms with Crippen molar-refractivity contribution >= 4 is 44.8 Å². The van der Waals surface area contributed by atoms with Crippen LogP contribution in [0.1, 0.15) is 25.6 Å². The first-order valence-electron chi connectivity index (χ1n) is 5.87. The van der Waals surface area contributed by atoms with Gasteiger partial charge in [-0.1, -0.05) is 0 Å². The molecule has 2 rings (SSSR count). The summed E-state index contributed by atoms with van der Waals surface area (Å²) in [5.74, 6) is -1.66. The van der Waals surface area contributed by atoms with Gasteiger partial charge in [-0.2, -0.15) is 0 Å². The summed E-state index contributed by atoms with van der Waals surface area (Å²) in [5.41, 5.74) is 1.12. The minimum Gasteiger partial charge on any atom is -0.465 e. The predicted molar refractivity (Wildman–Crippen MR) is 82.4 cm³/mol. The number of aryl methyl sites for hydroxylation is 1. The molecule has 0 unspecified atom stereocenters. The summed E-state index contributed by atoms with van der Waals surface area (Å²) in [6.45, 7) is 1.87. The Morgan fingerprint density at radius 1 is 1.33 bits per heavy atom. The van der Waals surface area contributed by atoms with Crippen molar-refractivity contribution in [2.75, 3.05) is 12.4 Å². The molecular weight excluding hydrogens is 361 g/mol. The van der Waals surface area contributed by atoms with Gasteiger partial charge in [-0.05, 0) is 52.7 Å². The number of nitrogens with one attached hydrogen (secondary N) is 1. The van der Waals surface area contributed by atoms with E-state index in [2.05, 4.69) is 26.0 Å². The van der Waals surface area contributed by atoms with Crippen molar-refractivity contribution < 1.29 is 18.7 Å². The number of anilines is 1. The van der Waals surface area contributed by atoms with E-state index in [1.807, 2.05) is 6.92 Å². The molecule has 0 spiro atoms. The molecule has 21 heavy (non-hydrogen) atoms. The highest BCUT2D eigenvalue weighted by Crippen LogP contribution is 2.28. The van der Waals surface area contributed by atoms with Gasteiger partial charge >= 0.3 is 5.97 Å². The molecule has 4 nitrogen and oxygen atoms in total. The number of hydrogen-bond donors (Lipinski definition) is 1. The lowest BCUT2D eigenvalue weighted by molar-refractivity contribution is 0.0601. The van der Waals surface area contributed by atoms with Gasteiger partial charge < -0.3 is 10.1 Å². The fourth-order valence-electron chi connectivity index (χ4n) is 1.66. The molecule has 0 aliphatic rings. The zero-order valence-electron chi connectivity index (χ0n) is 11.2. The van der Waals surface area contributed by atoms with E-state index in [1.54, 1.807) is 6.07 Å². The lowest BCUT2D eigenvalue weighted by Crippen LogP contribution is -2.14. The maximum atomic E-state index is 13.2. The van der Waals surface area contributed by atoms with E-state index in [4.69, 9.17) is 0 Å². The topological polar surface area (TPSA) is 55.4 Å². The summed E-state index contributed by atoms with van der Waals surface area (Å²) in [6.07, 6.45) is 0. The molecule has 1 aromatic heterocycles. The molecule has 0 saturated carbocycles. The van der Waals surface area contributed by atoms with Crippen LogP contribution in [0.4, 0.5) is 10.1 Å². The van der Waals surface area contributed by atoms with Gasteiger partial charge in [-0.3, -0.25) is 4.79 Å². The zero-order valence-corrected chi connectivity index (χ0v) is 13.6. The molecule has 0 saturated heterocycles. The molecular formula is C14H11BrFNO3S. The van der Waals surface area contributed by atoms with Crippen molar-refractivity contribution in [3.05, 3.63) is 49.9 Å². The number of halogens is 2. The zero-order chi connectivity index (χ0) is 15.6. The normalized spacial score (nSPS) is 10.3. The van der Waals surface area contributed by atoms with Crippen LogP contribution in [-0.4, -0.2) is 19.0 Å². The standard InChI is InChI=1S/C14H11BrFNO3S/c1-7-5-11(21-12(7)15)13(18)17-10-4-3-8(16)6-9(10)14(19)20-2/h3-6H,1-2H3,(H,17,18). The molecule has 0 atom stereocenters. The van der Waals surface area contributed by atoms with Crippen LogP contribution in [0, 0.1) is 12.7 Å². The van der Waals surface area contributed by atoms with Gasteiger partial charge in [0.25, 0.3) is 5.91 Å². The van der Waals surface area contributed by atoms with E-state index in [9.17, 15) is 14.0 Å². The Morgan fingerprint density at radius 3 is 2.62 bits per heavy atom. The highest BCUT2D eigenvalue weighted by molar-refractivity contribution is 9.11. The highest BCUT2D eigenvalue weighted by Gasteiger charge is 2.17. The Bertz CT molecular complexity index is 695. The van der Waals surface area contributed by atoms with Gasteiger partial charge in [0, 0.05) is 0 Å². The Kier molecular flexibility index (Phi) is 4.74. The SMILES string of the molecule is COC(=O)c1cc(F)ccc1NC(=O)c1cc(C)c(Br)s1. The first kappa shape index (κ1) is 15.7. The number of carbonyl (C=O) groups is 2. The summed E-state index contributed by atoms with van der Waals surface area (Å²) < 4.78 is 18.7. The maximum absolute atomic E-state index is 13.2. The second-order valence-corrected chi connectivity index (χ2v) is 6.57. The average molecular weight is 372 g/mol. The van der Waals surface area contributed by atoms with Gasteiger partial charge in [0.1, 0.15) is 5.82 Å². The van der Waals surface area contributed by atoms with Crippen molar-refractivity contribution in [2.24, 2.45) is 0 Å². The number of ether oxygens (including phenoxy) is 1. The monoisotopic (exact) mass is 371 g/mol. The fourth-order valence-corrected chi connectivity index (χ4v) is 3.09. The van der Waals surface area contributed by atoms with Gasteiger partial charge in [0.15, 0.2) is 0 Å². The van der Waals surface area contributed by atoms with Crippen LogP contribution in [-0.2, 0) is 4.74 Å². The first-order valence-corrected chi connectivity index (χ1v) is 7.48. The molecule has 1 heterocycles. The third-order valence-corrected chi connectivity index (χ3v) is 4.85. The number of esters is 1. The Balaban J connectivity index is 2.30. The van der Waals surface area contributed by atoms with Crippen LogP contribution in [0.5, 0.6) is 0 Å². The van der Waals surface area contributed by atoms with E-state index < -0.39 is 11.8 Å². The highest BCUT2D eigenvalue weighted by atomic mass is 79.9. The minimum absolute atomic E-state index is 0.0295. The van der Waals surface area contributed by atoms with E-state index in [1.165, 1.54) is 24.5 Å². The summed E-state index contributed by atoms with van der Waals surface area (Å²) in [6, 6.07) is 5.25. The van der Waals surface area contributed by atoms with Crippen molar-refractivity contribution in [2.45, 2.75) is 6.92 Å². The molecule has 2 aromatic rings. The van der Waals surface area contributed by atoms with E-state index in [0.29, 0.717) is 4.88 Å². The number of hydrogen-bond acceptors (Lipinski definition) is 4. The van der Waals surface area contributed by atoms with E-state index in [0.717, 1.165) is 21.5 Å². The maximum Gasteiger partial charge on any atom is 0.340 e. The Morgan fingerprint density at radius 2 is 2.05 bits per heavy atom. The summed E-state index contributed by atoms with van der Waals surface area (Å²) in [4.78, 5) is 24.3. The molecule has 1 N–H and O–H groups in total. The summed E-state index contributed by atoms with van der Waals surface area (Å²) >= 11 is 4.62. The average Bonchev–Trinajstić information content (AvgIpc) is 2.80. The molecule has 0 aliphatic carbocycles. The number of methoxy groups -OCH3 is 1. The quantitative estimate of drug-likeness (QED) is 0.829. The second-order valence-electron chi connectivity index (χ2n) is 4.20. The van der Waals surface area contributed by atoms with Crippen molar-refractivity contribution in [1.82, 2.24) is 0 Å². The van der Waals surface area contributed by atoms with Gasteiger partial charge in [-0.15, -0.1) is 11.3 Å². The fraction of sp³-hybridized carbons (Fsp3) is 0.143. The Labute approximate surface area is 133 Å². The largest absolute Gasteiger partial charge is 0.465 e. The van der Waals surface area contributed by atoms with E-state index in [-0.39, 0.29) is 17.2 Å².